The number of halogens is 1. The van der Waals surface area contributed by atoms with E-state index in [4.69, 9.17) is 21.1 Å². The molecule has 1 aliphatic heterocycles. The van der Waals surface area contributed by atoms with Crippen molar-refractivity contribution in [2.24, 2.45) is 0 Å². The summed E-state index contributed by atoms with van der Waals surface area (Å²) in [5.41, 5.74) is 3.00. The second kappa shape index (κ2) is 6.53. The van der Waals surface area contributed by atoms with Crippen LogP contribution in [-0.4, -0.2) is 39.7 Å². The third-order valence-corrected chi connectivity index (χ3v) is 4.02. The number of aromatic nitrogens is 3. The van der Waals surface area contributed by atoms with E-state index < -0.39 is 0 Å². The monoisotopic (exact) mass is 349 g/mol. The Morgan fingerprint density at radius 3 is 2.96 bits per heavy atom. The van der Waals surface area contributed by atoms with Gasteiger partial charge in [0, 0.05) is 12.5 Å². The second-order valence-corrected chi connectivity index (χ2v) is 6.72. The van der Waals surface area contributed by atoms with Crippen LogP contribution in [0.2, 0.25) is 5.15 Å². The molecule has 1 aliphatic rings. The van der Waals surface area contributed by atoms with E-state index in [0.717, 1.165) is 23.2 Å². The molecule has 7 heteroatoms. The van der Waals surface area contributed by atoms with Crippen molar-refractivity contribution in [1.82, 2.24) is 15.0 Å². The topological polar surface area (TPSA) is 77.1 Å². The molecular weight excluding hydrogens is 330 g/mol. The van der Waals surface area contributed by atoms with Crippen LogP contribution >= 0.6 is 11.6 Å². The Morgan fingerprint density at radius 2 is 2.25 bits per heavy atom. The zero-order valence-electron chi connectivity index (χ0n) is 14.0. The van der Waals surface area contributed by atoms with Crippen LogP contribution in [0.3, 0.4) is 0 Å². The Morgan fingerprint density at radius 1 is 1.46 bits per heavy atom. The van der Waals surface area contributed by atoms with Gasteiger partial charge in [0.05, 0.1) is 30.0 Å². The number of carbonyl (C=O) groups is 1. The van der Waals surface area contributed by atoms with E-state index in [9.17, 15) is 4.79 Å². The van der Waals surface area contributed by atoms with Gasteiger partial charge in [-0.1, -0.05) is 17.7 Å². The number of fused-ring (bicyclic) bond motifs is 1. The Balaban J connectivity index is 2.00. The second-order valence-electron chi connectivity index (χ2n) is 6.33. The summed E-state index contributed by atoms with van der Waals surface area (Å²) in [7, 11) is 0. The molecule has 6 nitrogen and oxygen atoms in total. The lowest BCUT2D eigenvalue weighted by Crippen LogP contribution is -2.28. The molecule has 0 saturated heterocycles. The highest BCUT2D eigenvalue weighted by molar-refractivity contribution is 6.30. The van der Waals surface area contributed by atoms with Crippen LogP contribution in [0, 0.1) is 0 Å². The van der Waals surface area contributed by atoms with Crippen molar-refractivity contribution in [3.05, 3.63) is 28.8 Å². The van der Waals surface area contributed by atoms with Crippen molar-refractivity contribution in [3.8, 4) is 0 Å². The van der Waals surface area contributed by atoms with E-state index in [-0.39, 0.29) is 18.0 Å². The van der Waals surface area contributed by atoms with Crippen LogP contribution < -0.4 is 0 Å². The summed E-state index contributed by atoms with van der Waals surface area (Å²) in [5.74, 6) is 0.226. The third kappa shape index (κ3) is 3.60. The minimum absolute atomic E-state index is 0.0905. The van der Waals surface area contributed by atoms with E-state index >= 15 is 0 Å². The smallest absolute Gasteiger partial charge is 0.313 e. The first-order chi connectivity index (χ1) is 11.4. The van der Waals surface area contributed by atoms with Gasteiger partial charge in [0.25, 0.3) is 0 Å². The van der Waals surface area contributed by atoms with Crippen molar-refractivity contribution < 1.29 is 14.3 Å². The van der Waals surface area contributed by atoms with Crippen LogP contribution in [0.1, 0.15) is 38.7 Å². The summed E-state index contributed by atoms with van der Waals surface area (Å²) in [6.45, 7) is 6.73. The molecule has 0 aromatic carbocycles. The molecule has 0 saturated carbocycles. The van der Waals surface area contributed by atoms with E-state index in [2.05, 4.69) is 15.0 Å². The number of imidazole rings is 1. The fraction of sp³-hybridized carbons (Fsp3) is 0.471. The van der Waals surface area contributed by atoms with E-state index in [0.29, 0.717) is 29.7 Å². The number of nitrogens with zero attached hydrogens (tertiary/aromatic N) is 2. The number of rotatable bonds is 4. The lowest BCUT2D eigenvalue weighted by atomic mass is 9.93. The summed E-state index contributed by atoms with van der Waals surface area (Å²) < 4.78 is 10.7. The highest BCUT2D eigenvalue weighted by Crippen LogP contribution is 2.34. The zero-order valence-corrected chi connectivity index (χ0v) is 14.7. The molecule has 3 rings (SSSR count). The lowest BCUT2D eigenvalue weighted by Gasteiger charge is -2.30. The zero-order chi connectivity index (χ0) is 17.3. The highest BCUT2D eigenvalue weighted by atomic mass is 35.5. The van der Waals surface area contributed by atoms with Crippen molar-refractivity contribution in [2.45, 2.75) is 39.2 Å². The molecule has 0 unspecified atom stereocenters. The minimum atomic E-state index is -0.316. The van der Waals surface area contributed by atoms with Gasteiger partial charge in [0.2, 0.25) is 0 Å². The molecule has 1 N–H and O–H groups in total. The molecule has 0 spiro atoms. The Kier molecular flexibility index (Phi) is 4.60. The molecule has 128 valence electrons. The Labute approximate surface area is 145 Å². The van der Waals surface area contributed by atoms with Gasteiger partial charge >= 0.3 is 5.97 Å². The molecule has 0 atom stereocenters. The number of carbonyl (C=O) groups excluding carboxylic acids is 1. The van der Waals surface area contributed by atoms with Crippen molar-refractivity contribution in [3.63, 3.8) is 0 Å². The van der Waals surface area contributed by atoms with Crippen molar-refractivity contribution >= 4 is 34.2 Å². The van der Waals surface area contributed by atoms with E-state index in [1.807, 2.05) is 19.9 Å². The van der Waals surface area contributed by atoms with Gasteiger partial charge in [0.1, 0.15) is 22.9 Å². The molecule has 3 heterocycles. The number of pyridine rings is 1. The molecule has 0 radical (unpaired) electrons. The first-order valence-electron chi connectivity index (χ1n) is 7.92. The number of hydrogen-bond acceptors (Lipinski definition) is 5. The fourth-order valence-electron chi connectivity index (χ4n) is 2.82. The van der Waals surface area contributed by atoms with Gasteiger partial charge < -0.3 is 14.5 Å². The van der Waals surface area contributed by atoms with Gasteiger partial charge in [0.15, 0.2) is 0 Å². The van der Waals surface area contributed by atoms with Crippen LogP contribution in [0.25, 0.3) is 16.6 Å². The number of nitrogens with one attached hydrogen (secondary N) is 1. The quantitative estimate of drug-likeness (QED) is 0.677. The third-order valence-electron chi connectivity index (χ3n) is 3.83. The molecule has 0 bridgehead atoms. The standard InChI is InChI=1S/C17H20ClN3O3/c1-4-23-14(22)8-13-19-11-7-12(18)20-15(16(11)21-13)10-5-6-24-17(2,3)9-10/h5,7H,4,6,8-9H2,1-3H3,(H,19,21). The van der Waals surface area contributed by atoms with Crippen LogP contribution in [0.15, 0.2) is 12.1 Å². The van der Waals surface area contributed by atoms with Gasteiger partial charge in [-0.3, -0.25) is 4.79 Å². The predicted octanol–water partition coefficient (Wildman–Crippen LogP) is 3.30. The maximum atomic E-state index is 11.7. The first-order valence-corrected chi connectivity index (χ1v) is 8.30. The van der Waals surface area contributed by atoms with Crippen molar-refractivity contribution in [2.75, 3.05) is 13.2 Å². The van der Waals surface area contributed by atoms with Gasteiger partial charge in [-0.05, 0) is 26.3 Å². The Bertz CT molecular complexity index is 811. The maximum Gasteiger partial charge on any atom is 0.313 e. The number of H-pyrrole nitrogens is 1. The summed E-state index contributed by atoms with van der Waals surface area (Å²) >= 11 is 6.17. The molecule has 2 aromatic rings. The molecule has 0 amide bonds. The largest absolute Gasteiger partial charge is 0.466 e. The normalized spacial score (nSPS) is 16.9. The molecular formula is C17H20ClN3O3. The average molecular weight is 350 g/mol. The maximum absolute atomic E-state index is 11.7. The number of ether oxygens (including phenoxy) is 2. The van der Waals surface area contributed by atoms with E-state index in [1.54, 1.807) is 13.0 Å². The number of hydrogen-bond donors (Lipinski definition) is 1. The summed E-state index contributed by atoms with van der Waals surface area (Å²) in [6.07, 6.45) is 2.81. The SMILES string of the molecule is CCOC(=O)Cc1nc2c(C3=CCOC(C)(C)C3)nc(Cl)cc2[nH]1. The van der Waals surface area contributed by atoms with Crippen LogP contribution in [0.5, 0.6) is 0 Å². The minimum Gasteiger partial charge on any atom is -0.466 e. The van der Waals surface area contributed by atoms with Gasteiger partial charge in [-0.2, -0.15) is 0 Å². The van der Waals surface area contributed by atoms with E-state index in [1.165, 1.54) is 0 Å². The summed E-state index contributed by atoms with van der Waals surface area (Å²) in [5, 5.41) is 0.383. The molecule has 0 fully saturated rings. The predicted molar refractivity (Wildman–Crippen MR) is 91.9 cm³/mol. The first kappa shape index (κ1) is 16.9. The molecule has 2 aromatic heterocycles. The fourth-order valence-corrected chi connectivity index (χ4v) is 3.01. The average Bonchev–Trinajstić information content (AvgIpc) is 2.87. The molecule has 24 heavy (non-hydrogen) atoms. The van der Waals surface area contributed by atoms with Crippen LogP contribution in [0.4, 0.5) is 0 Å². The summed E-state index contributed by atoms with van der Waals surface area (Å²) in [6, 6.07) is 1.72. The van der Waals surface area contributed by atoms with Crippen LogP contribution in [-0.2, 0) is 20.7 Å². The number of esters is 1. The van der Waals surface area contributed by atoms with Gasteiger partial charge in [-0.25, -0.2) is 9.97 Å². The Hall–Kier alpha value is -1.92. The summed E-state index contributed by atoms with van der Waals surface area (Å²) in [4.78, 5) is 23.8. The van der Waals surface area contributed by atoms with Gasteiger partial charge in [-0.15, -0.1) is 0 Å². The molecule has 0 aliphatic carbocycles. The lowest BCUT2D eigenvalue weighted by molar-refractivity contribution is -0.142. The van der Waals surface area contributed by atoms with Crippen molar-refractivity contribution in [1.29, 1.82) is 0 Å². The highest BCUT2D eigenvalue weighted by Gasteiger charge is 2.27. The number of aromatic amines is 1.